The van der Waals surface area contributed by atoms with Crippen LogP contribution in [0.15, 0.2) is 48.8 Å². The molecule has 0 bridgehead atoms. The molecule has 10 nitrogen and oxygen atoms in total. The van der Waals surface area contributed by atoms with Gasteiger partial charge < -0.3 is 20.9 Å². The van der Waals surface area contributed by atoms with Gasteiger partial charge in [0.15, 0.2) is 0 Å². The maximum atomic E-state index is 12.6. The van der Waals surface area contributed by atoms with E-state index in [1.807, 2.05) is 12.1 Å². The minimum atomic E-state index is -0.482. The third-order valence-corrected chi connectivity index (χ3v) is 4.63. The molecule has 1 unspecified atom stereocenters. The Labute approximate surface area is 167 Å². The van der Waals surface area contributed by atoms with Crippen LogP contribution in [0.4, 0.5) is 10.5 Å². The van der Waals surface area contributed by atoms with Gasteiger partial charge in [0.1, 0.15) is 0 Å². The van der Waals surface area contributed by atoms with E-state index in [0.29, 0.717) is 19.6 Å². The molecule has 3 rings (SSSR count). The minimum absolute atomic E-state index is 0.0111. The number of carbonyl (C=O) groups is 2. The molecule has 1 aromatic carbocycles. The molecule has 0 saturated carbocycles. The molecular formula is C19H22N6O4. The van der Waals surface area contributed by atoms with Crippen LogP contribution in [0.3, 0.4) is 0 Å². The Morgan fingerprint density at radius 3 is 2.72 bits per heavy atom. The molecule has 0 radical (unpaired) electrons. The van der Waals surface area contributed by atoms with Crippen LogP contribution in [-0.4, -0.2) is 52.9 Å². The highest BCUT2D eigenvalue weighted by atomic mass is 16.6. The van der Waals surface area contributed by atoms with Crippen LogP contribution in [0.5, 0.6) is 0 Å². The van der Waals surface area contributed by atoms with E-state index < -0.39 is 11.0 Å². The summed E-state index contributed by atoms with van der Waals surface area (Å²) in [4.78, 5) is 40.7. The van der Waals surface area contributed by atoms with Gasteiger partial charge in [-0.05, 0) is 17.2 Å². The molecule has 1 atom stereocenters. The minimum Gasteiger partial charge on any atom is -0.334 e. The predicted molar refractivity (Wildman–Crippen MR) is 105 cm³/mol. The number of nitrogens with one attached hydrogen (secondary N) is 3. The van der Waals surface area contributed by atoms with Gasteiger partial charge in [0.25, 0.3) is 5.69 Å². The zero-order valence-corrected chi connectivity index (χ0v) is 15.7. The number of nitrogens with zero attached hydrogens (tertiary/aromatic N) is 3. The van der Waals surface area contributed by atoms with Gasteiger partial charge in [0.05, 0.1) is 17.5 Å². The van der Waals surface area contributed by atoms with Crippen molar-refractivity contribution >= 4 is 17.6 Å². The molecule has 1 fully saturated rings. The number of amides is 3. The van der Waals surface area contributed by atoms with E-state index in [-0.39, 0.29) is 30.7 Å². The summed E-state index contributed by atoms with van der Waals surface area (Å²) in [7, 11) is 0. The van der Waals surface area contributed by atoms with Crippen molar-refractivity contribution in [2.45, 2.75) is 12.6 Å². The number of urea groups is 1. The van der Waals surface area contributed by atoms with Crippen LogP contribution in [0.25, 0.3) is 0 Å². The lowest BCUT2D eigenvalue weighted by atomic mass is 10.1. The first kappa shape index (κ1) is 20.2. The fourth-order valence-corrected chi connectivity index (χ4v) is 3.11. The Morgan fingerprint density at radius 1 is 1.24 bits per heavy atom. The molecule has 0 spiro atoms. The van der Waals surface area contributed by atoms with Crippen molar-refractivity contribution in [3.8, 4) is 0 Å². The van der Waals surface area contributed by atoms with E-state index in [1.54, 1.807) is 29.4 Å². The first-order valence-corrected chi connectivity index (χ1v) is 9.20. The fraction of sp³-hybridized carbons (Fsp3) is 0.316. The molecule has 152 valence electrons. The van der Waals surface area contributed by atoms with Gasteiger partial charge in [0.2, 0.25) is 5.91 Å². The molecule has 10 heteroatoms. The van der Waals surface area contributed by atoms with Crippen molar-refractivity contribution in [3.63, 3.8) is 0 Å². The van der Waals surface area contributed by atoms with Crippen LogP contribution >= 0.6 is 0 Å². The number of hydrogen-bond donors (Lipinski definition) is 3. The standard InChI is InChI=1S/C19H22N6O4/c26-18(24-9-8-21-12-17(24)15-2-1-7-20-11-15)13-23-19(27)22-10-14-3-5-16(6-4-14)25(28)29/h1-7,11,17,21H,8-10,12-13H2,(H2,22,23,27). The average Bonchev–Trinajstić information content (AvgIpc) is 2.77. The first-order valence-electron chi connectivity index (χ1n) is 9.20. The van der Waals surface area contributed by atoms with Crippen molar-refractivity contribution in [2.75, 3.05) is 26.2 Å². The quantitative estimate of drug-likeness (QED) is 0.491. The highest BCUT2D eigenvalue weighted by molar-refractivity contribution is 5.84. The van der Waals surface area contributed by atoms with E-state index in [2.05, 4.69) is 20.9 Å². The smallest absolute Gasteiger partial charge is 0.315 e. The van der Waals surface area contributed by atoms with Gasteiger partial charge in [-0.3, -0.25) is 19.9 Å². The topological polar surface area (TPSA) is 130 Å². The Balaban J connectivity index is 1.48. The van der Waals surface area contributed by atoms with E-state index in [9.17, 15) is 19.7 Å². The fourth-order valence-electron chi connectivity index (χ4n) is 3.11. The van der Waals surface area contributed by atoms with E-state index in [0.717, 1.165) is 11.1 Å². The summed E-state index contributed by atoms with van der Waals surface area (Å²) >= 11 is 0. The molecule has 0 aliphatic carbocycles. The highest BCUT2D eigenvalue weighted by Gasteiger charge is 2.27. The average molecular weight is 398 g/mol. The lowest BCUT2D eigenvalue weighted by molar-refractivity contribution is -0.384. The maximum Gasteiger partial charge on any atom is 0.315 e. The van der Waals surface area contributed by atoms with Crippen molar-refractivity contribution in [1.29, 1.82) is 0 Å². The van der Waals surface area contributed by atoms with E-state index in [4.69, 9.17) is 0 Å². The third kappa shape index (κ3) is 5.48. The second-order valence-electron chi connectivity index (χ2n) is 6.55. The number of nitro benzene ring substituents is 1. The molecule has 1 aliphatic rings. The summed E-state index contributed by atoms with van der Waals surface area (Å²) in [5.41, 5.74) is 1.65. The number of hydrogen-bond acceptors (Lipinski definition) is 6. The predicted octanol–water partition coefficient (Wildman–Crippen LogP) is 0.962. The van der Waals surface area contributed by atoms with Crippen molar-refractivity contribution in [2.24, 2.45) is 0 Å². The van der Waals surface area contributed by atoms with Crippen LogP contribution in [0, 0.1) is 10.1 Å². The van der Waals surface area contributed by atoms with Crippen molar-refractivity contribution in [1.82, 2.24) is 25.8 Å². The van der Waals surface area contributed by atoms with Gasteiger partial charge in [-0.25, -0.2) is 4.79 Å². The number of rotatable bonds is 6. The number of carbonyl (C=O) groups excluding carboxylic acids is 2. The lowest BCUT2D eigenvalue weighted by Crippen LogP contribution is -2.52. The number of piperazine rings is 1. The number of nitro groups is 1. The van der Waals surface area contributed by atoms with Crippen LogP contribution in [0.1, 0.15) is 17.2 Å². The molecule has 1 aliphatic heterocycles. The number of aromatic nitrogens is 1. The maximum absolute atomic E-state index is 12.6. The second-order valence-corrected chi connectivity index (χ2v) is 6.55. The molecule has 1 aromatic heterocycles. The molecular weight excluding hydrogens is 376 g/mol. The summed E-state index contributed by atoms with van der Waals surface area (Å²) < 4.78 is 0. The number of pyridine rings is 1. The van der Waals surface area contributed by atoms with Crippen LogP contribution < -0.4 is 16.0 Å². The number of benzene rings is 1. The zero-order chi connectivity index (χ0) is 20.6. The van der Waals surface area contributed by atoms with Crippen LogP contribution in [0.2, 0.25) is 0 Å². The van der Waals surface area contributed by atoms with Gasteiger partial charge in [-0.15, -0.1) is 0 Å². The van der Waals surface area contributed by atoms with Gasteiger partial charge in [0, 0.05) is 50.7 Å². The second kappa shape index (κ2) is 9.60. The van der Waals surface area contributed by atoms with E-state index >= 15 is 0 Å². The van der Waals surface area contributed by atoms with Crippen LogP contribution in [-0.2, 0) is 11.3 Å². The molecule has 2 heterocycles. The Hall–Kier alpha value is -3.53. The molecule has 2 aromatic rings. The normalized spacial score (nSPS) is 16.1. The lowest BCUT2D eigenvalue weighted by Gasteiger charge is -2.36. The monoisotopic (exact) mass is 398 g/mol. The summed E-state index contributed by atoms with van der Waals surface area (Å²) in [5, 5.41) is 19.1. The zero-order valence-electron chi connectivity index (χ0n) is 15.7. The van der Waals surface area contributed by atoms with Gasteiger partial charge in [-0.1, -0.05) is 18.2 Å². The molecule has 3 amide bonds. The largest absolute Gasteiger partial charge is 0.334 e. The summed E-state index contributed by atoms with van der Waals surface area (Å²) in [6.45, 7) is 1.94. The molecule has 29 heavy (non-hydrogen) atoms. The molecule has 3 N–H and O–H groups in total. The summed E-state index contributed by atoms with van der Waals surface area (Å²) in [5.74, 6) is -0.175. The van der Waals surface area contributed by atoms with Crippen molar-refractivity contribution in [3.05, 3.63) is 70.0 Å². The van der Waals surface area contributed by atoms with Gasteiger partial charge >= 0.3 is 6.03 Å². The highest BCUT2D eigenvalue weighted by Crippen LogP contribution is 2.21. The Bertz CT molecular complexity index is 859. The van der Waals surface area contributed by atoms with Crippen molar-refractivity contribution < 1.29 is 14.5 Å². The first-order chi connectivity index (χ1) is 14.0. The van der Waals surface area contributed by atoms with E-state index in [1.165, 1.54) is 12.1 Å². The molecule has 1 saturated heterocycles. The SMILES string of the molecule is O=C(NCC(=O)N1CCNCC1c1cccnc1)NCc1ccc([N+](=O)[O-])cc1. The summed E-state index contributed by atoms with van der Waals surface area (Å²) in [6.07, 6.45) is 3.42. The third-order valence-electron chi connectivity index (χ3n) is 4.63. The summed E-state index contributed by atoms with van der Waals surface area (Å²) in [6, 6.07) is 9.04. The number of non-ortho nitro benzene ring substituents is 1. The Kier molecular flexibility index (Phi) is 6.69. The Morgan fingerprint density at radius 2 is 2.03 bits per heavy atom. The van der Waals surface area contributed by atoms with Gasteiger partial charge in [-0.2, -0.15) is 0 Å².